The largest absolute Gasteiger partial charge is 0.305 e. The molecular formula is C15H20N6O3S. The van der Waals surface area contributed by atoms with E-state index in [0.29, 0.717) is 16.6 Å². The highest BCUT2D eigenvalue weighted by molar-refractivity contribution is 7.13. The van der Waals surface area contributed by atoms with Gasteiger partial charge in [-0.1, -0.05) is 11.6 Å². The van der Waals surface area contributed by atoms with Gasteiger partial charge in [0.1, 0.15) is 5.69 Å². The van der Waals surface area contributed by atoms with Crippen molar-refractivity contribution >= 4 is 34.1 Å². The Kier molecular flexibility index (Phi) is 5.39. The number of hydrogen-bond acceptors (Lipinski definition) is 8. The van der Waals surface area contributed by atoms with Crippen molar-refractivity contribution in [2.75, 3.05) is 23.7 Å². The molecule has 3 heterocycles. The van der Waals surface area contributed by atoms with E-state index in [1.165, 1.54) is 18.3 Å². The summed E-state index contributed by atoms with van der Waals surface area (Å²) in [5.41, 5.74) is 1.43. The van der Waals surface area contributed by atoms with Gasteiger partial charge in [-0.05, 0) is 31.5 Å². The summed E-state index contributed by atoms with van der Waals surface area (Å²) in [4.78, 5) is 30.1. The van der Waals surface area contributed by atoms with Gasteiger partial charge >= 0.3 is 0 Å². The Labute approximate surface area is 148 Å². The van der Waals surface area contributed by atoms with Gasteiger partial charge in [-0.25, -0.2) is 9.61 Å². The van der Waals surface area contributed by atoms with Crippen LogP contribution in [0.4, 0.5) is 10.9 Å². The predicted molar refractivity (Wildman–Crippen MR) is 92.2 cm³/mol. The van der Waals surface area contributed by atoms with Crippen molar-refractivity contribution in [1.82, 2.24) is 20.2 Å². The van der Waals surface area contributed by atoms with E-state index in [4.69, 9.17) is 0 Å². The van der Waals surface area contributed by atoms with E-state index in [9.17, 15) is 9.59 Å². The van der Waals surface area contributed by atoms with Crippen LogP contribution in [-0.2, 0) is 9.59 Å². The van der Waals surface area contributed by atoms with Crippen molar-refractivity contribution in [1.29, 1.82) is 0 Å². The van der Waals surface area contributed by atoms with Crippen LogP contribution in [0.5, 0.6) is 0 Å². The maximum atomic E-state index is 12.3. The van der Waals surface area contributed by atoms with E-state index in [2.05, 4.69) is 35.5 Å². The number of aromatic nitrogens is 3. The van der Waals surface area contributed by atoms with Gasteiger partial charge in [0.2, 0.25) is 11.8 Å². The molecule has 10 heteroatoms. The molecule has 2 amide bonds. The van der Waals surface area contributed by atoms with Crippen molar-refractivity contribution in [2.24, 2.45) is 0 Å². The van der Waals surface area contributed by atoms with Crippen LogP contribution < -0.4 is 10.6 Å². The number of carbonyl (C=O) groups is 2. The number of nitrogens with zero attached hydrogens (tertiary/aromatic N) is 4. The molecule has 0 unspecified atom stereocenters. The summed E-state index contributed by atoms with van der Waals surface area (Å²) < 4.78 is 4.59. The molecule has 3 rings (SSSR count). The monoisotopic (exact) mass is 364 g/mol. The van der Waals surface area contributed by atoms with E-state index in [1.54, 1.807) is 6.92 Å². The highest BCUT2D eigenvalue weighted by Gasteiger charge is 2.28. The van der Waals surface area contributed by atoms with Crippen LogP contribution >= 0.6 is 11.3 Å². The number of thiazole rings is 1. The Morgan fingerprint density at radius 3 is 2.92 bits per heavy atom. The Bertz CT molecular complexity index is 758. The third kappa shape index (κ3) is 4.40. The maximum Gasteiger partial charge on any atom is 0.239 e. The number of anilines is 2. The lowest BCUT2D eigenvalue weighted by Crippen LogP contribution is -2.39. The summed E-state index contributed by atoms with van der Waals surface area (Å²) in [5, 5.41) is 15.3. The van der Waals surface area contributed by atoms with Crippen LogP contribution in [0.1, 0.15) is 43.6 Å². The maximum absolute atomic E-state index is 12.3. The van der Waals surface area contributed by atoms with Crippen LogP contribution in [0.25, 0.3) is 0 Å². The van der Waals surface area contributed by atoms with Gasteiger partial charge in [-0.15, -0.1) is 11.3 Å². The number of rotatable bonds is 5. The molecule has 0 bridgehead atoms. The second-order valence-electron chi connectivity index (χ2n) is 5.99. The summed E-state index contributed by atoms with van der Waals surface area (Å²) in [6, 6.07) is 0.0646. The fourth-order valence-corrected chi connectivity index (χ4v) is 3.67. The number of aryl methyl sites for hydroxylation is 1. The second kappa shape index (κ2) is 7.70. The molecule has 0 aromatic carbocycles. The van der Waals surface area contributed by atoms with Crippen molar-refractivity contribution in [3.05, 3.63) is 16.8 Å². The lowest BCUT2D eigenvalue weighted by molar-refractivity contribution is -0.118. The van der Waals surface area contributed by atoms with Crippen molar-refractivity contribution in [2.45, 2.75) is 39.2 Å². The van der Waals surface area contributed by atoms with Crippen molar-refractivity contribution in [3.8, 4) is 0 Å². The predicted octanol–water partition coefficient (Wildman–Crippen LogP) is 1.96. The van der Waals surface area contributed by atoms with Gasteiger partial charge in [0.25, 0.3) is 0 Å². The third-order valence-corrected chi connectivity index (χ3v) is 4.79. The van der Waals surface area contributed by atoms with Gasteiger partial charge in [-0.2, -0.15) is 0 Å². The summed E-state index contributed by atoms with van der Waals surface area (Å²) in [6.45, 7) is 4.23. The first-order chi connectivity index (χ1) is 12.0. The minimum Gasteiger partial charge on any atom is -0.305 e. The fraction of sp³-hybridized carbons (Fsp3) is 0.533. The molecular weight excluding hydrogens is 344 g/mol. The quantitative estimate of drug-likeness (QED) is 0.833. The molecule has 2 N–H and O–H groups in total. The number of nitrogens with one attached hydrogen (secondary N) is 2. The van der Waals surface area contributed by atoms with E-state index in [0.717, 1.165) is 31.5 Å². The number of carbonyl (C=O) groups excluding carboxylic acids is 2. The molecule has 1 aliphatic rings. The number of amides is 2. The number of likely N-dealkylation sites (tertiary alicyclic amines) is 1. The molecule has 1 saturated heterocycles. The van der Waals surface area contributed by atoms with Gasteiger partial charge in [0.15, 0.2) is 10.9 Å². The highest BCUT2D eigenvalue weighted by Crippen LogP contribution is 2.32. The highest BCUT2D eigenvalue weighted by atomic mass is 32.1. The third-order valence-electron chi connectivity index (χ3n) is 4.02. The molecule has 0 radical (unpaired) electrons. The molecule has 0 spiro atoms. The lowest BCUT2D eigenvalue weighted by Gasteiger charge is -2.34. The van der Waals surface area contributed by atoms with E-state index >= 15 is 0 Å². The van der Waals surface area contributed by atoms with Gasteiger partial charge in [0, 0.05) is 12.3 Å². The summed E-state index contributed by atoms with van der Waals surface area (Å²) in [5.74, 6) is 0.0422. The van der Waals surface area contributed by atoms with Crippen LogP contribution in [0, 0.1) is 6.92 Å². The zero-order valence-corrected chi connectivity index (χ0v) is 14.9. The average molecular weight is 364 g/mol. The van der Waals surface area contributed by atoms with Crippen molar-refractivity contribution < 1.29 is 14.2 Å². The first kappa shape index (κ1) is 17.5. The minimum absolute atomic E-state index is 0.0646. The smallest absolute Gasteiger partial charge is 0.239 e. The SMILES string of the molecule is CC(=O)Nc1nc([C@H]2CCCCN2CC(=O)Nc2nonc2C)cs1. The zero-order valence-electron chi connectivity index (χ0n) is 14.1. The number of hydrogen-bond donors (Lipinski definition) is 2. The van der Waals surface area contributed by atoms with E-state index < -0.39 is 0 Å². The first-order valence-corrected chi connectivity index (χ1v) is 8.97. The molecule has 1 fully saturated rings. The van der Waals surface area contributed by atoms with Crippen LogP contribution in [-0.4, -0.2) is 45.1 Å². The van der Waals surface area contributed by atoms with Crippen LogP contribution in [0.15, 0.2) is 10.0 Å². The molecule has 1 aliphatic heterocycles. The number of piperidine rings is 1. The lowest BCUT2D eigenvalue weighted by atomic mass is 10.00. The Hall–Kier alpha value is -2.33. The summed E-state index contributed by atoms with van der Waals surface area (Å²) in [6.07, 6.45) is 3.06. The van der Waals surface area contributed by atoms with Gasteiger partial charge < -0.3 is 10.6 Å². The van der Waals surface area contributed by atoms with Gasteiger partial charge in [-0.3, -0.25) is 14.5 Å². The minimum atomic E-state index is -0.164. The van der Waals surface area contributed by atoms with Crippen LogP contribution in [0.2, 0.25) is 0 Å². The molecule has 2 aromatic rings. The van der Waals surface area contributed by atoms with Crippen molar-refractivity contribution in [3.63, 3.8) is 0 Å². The normalized spacial score (nSPS) is 18.1. The summed E-state index contributed by atoms with van der Waals surface area (Å²) >= 11 is 1.40. The Morgan fingerprint density at radius 1 is 1.36 bits per heavy atom. The molecule has 0 aliphatic carbocycles. The molecule has 9 nitrogen and oxygen atoms in total. The Balaban J connectivity index is 1.66. The topological polar surface area (TPSA) is 113 Å². The first-order valence-electron chi connectivity index (χ1n) is 8.09. The van der Waals surface area contributed by atoms with Gasteiger partial charge in [0.05, 0.1) is 18.3 Å². The summed E-state index contributed by atoms with van der Waals surface area (Å²) in [7, 11) is 0. The van der Waals surface area contributed by atoms with Crippen LogP contribution in [0.3, 0.4) is 0 Å². The molecule has 1 atom stereocenters. The van der Waals surface area contributed by atoms with E-state index in [1.807, 2.05) is 5.38 Å². The fourth-order valence-electron chi connectivity index (χ4n) is 2.86. The second-order valence-corrected chi connectivity index (χ2v) is 6.85. The molecule has 25 heavy (non-hydrogen) atoms. The molecule has 0 saturated carbocycles. The molecule has 2 aromatic heterocycles. The standard InChI is InChI=1S/C15H20N6O3S/c1-9-14(20-24-19-9)18-13(23)7-21-6-4-3-5-12(21)11-8-25-15(17-11)16-10(2)22/h8,12H,3-7H2,1-2H3,(H,16,17,22)(H,18,20,23)/t12-/m1/s1. The van der Waals surface area contributed by atoms with E-state index in [-0.39, 0.29) is 24.4 Å². The molecule has 134 valence electrons. The average Bonchev–Trinajstić information content (AvgIpc) is 3.17. The Morgan fingerprint density at radius 2 is 2.20 bits per heavy atom. The zero-order chi connectivity index (χ0) is 17.8.